The third-order valence-electron chi connectivity index (χ3n) is 2.53. The number of aliphatic hydroxyl groups excluding tert-OH is 1. The van der Waals surface area contributed by atoms with Gasteiger partial charge in [0.1, 0.15) is 0 Å². The Kier molecular flexibility index (Phi) is 3.83. The molecular formula is C9H13NO6. The van der Waals surface area contributed by atoms with E-state index in [0.29, 0.717) is 0 Å². The summed E-state index contributed by atoms with van der Waals surface area (Å²) in [4.78, 5) is 34.4. The standard InChI is InChI=1S/C9H13NO6/c1-16-9(15)5-2-7(12)10(3-5)6(4-11)8(13)14/h5-6,11H,2-4H2,1H3,(H,13,14)/t5?,6-/m0/s1. The van der Waals surface area contributed by atoms with Crippen molar-refractivity contribution in [3.63, 3.8) is 0 Å². The lowest BCUT2D eigenvalue weighted by Crippen LogP contribution is -2.44. The summed E-state index contributed by atoms with van der Waals surface area (Å²) in [6.45, 7) is -0.696. The number of hydrogen-bond donors (Lipinski definition) is 2. The molecule has 1 aliphatic rings. The number of esters is 1. The summed E-state index contributed by atoms with van der Waals surface area (Å²) in [5.74, 6) is -2.94. The van der Waals surface area contributed by atoms with Crippen LogP contribution >= 0.6 is 0 Å². The number of rotatable bonds is 4. The molecule has 0 bridgehead atoms. The first-order valence-electron chi connectivity index (χ1n) is 4.72. The van der Waals surface area contributed by atoms with Crippen molar-refractivity contribution >= 4 is 17.8 Å². The fourth-order valence-corrected chi connectivity index (χ4v) is 1.67. The molecule has 7 nitrogen and oxygen atoms in total. The summed E-state index contributed by atoms with van der Waals surface area (Å²) in [7, 11) is 1.20. The first kappa shape index (κ1) is 12.4. The zero-order chi connectivity index (χ0) is 12.3. The second kappa shape index (κ2) is 4.93. The molecule has 2 atom stereocenters. The van der Waals surface area contributed by atoms with Crippen LogP contribution in [-0.2, 0) is 19.1 Å². The van der Waals surface area contributed by atoms with Gasteiger partial charge < -0.3 is 19.8 Å². The molecule has 16 heavy (non-hydrogen) atoms. The highest BCUT2D eigenvalue weighted by molar-refractivity contribution is 5.90. The van der Waals surface area contributed by atoms with Gasteiger partial charge in [-0.25, -0.2) is 4.79 Å². The van der Waals surface area contributed by atoms with Gasteiger partial charge in [0.25, 0.3) is 0 Å². The Balaban J connectivity index is 2.74. The van der Waals surface area contributed by atoms with Gasteiger partial charge in [-0.3, -0.25) is 9.59 Å². The zero-order valence-electron chi connectivity index (χ0n) is 8.75. The number of methoxy groups -OCH3 is 1. The number of nitrogens with zero attached hydrogens (tertiary/aromatic N) is 1. The Hall–Kier alpha value is -1.63. The van der Waals surface area contributed by atoms with E-state index in [1.165, 1.54) is 7.11 Å². The molecule has 1 amide bonds. The van der Waals surface area contributed by atoms with Gasteiger partial charge in [-0.05, 0) is 0 Å². The SMILES string of the molecule is COC(=O)C1CC(=O)N([C@@H](CO)C(=O)O)C1. The summed E-state index contributed by atoms with van der Waals surface area (Å²) >= 11 is 0. The lowest BCUT2D eigenvalue weighted by Gasteiger charge is -2.22. The zero-order valence-corrected chi connectivity index (χ0v) is 8.75. The number of amides is 1. The fourth-order valence-electron chi connectivity index (χ4n) is 1.67. The number of aliphatic hydroxyl groups is 1. The highest BCUT2D eigenvalue weighted by Crippen LogP contribution is 2.21. The van der Waals surface area contributed by atoms with Crippen LogP contribution in [-0.4, -0.2) is 59.3 Å². The highest BCUT2D eigenvalue weighted by Gasteiger charge is 2.40. The van der Waals surface area contributed by atoms with Gasteiger partial charge in [-0.15, -0.1) is 0 Å². The van der Waals surface area contributed by atoms with Crippen molar-refractivity contribution in [1.82, 2.24) is 4.90 Å². The third-order valence-corrected chi connectivity index (χ3v) is 2.53. The van der Waals surface area contributed by atoms with E-state index in [2.05, 4.69) is 4.74 Å². The lowest BCUT2D eigenvalue weighted by atomic mass is 10.1. The van der Waals surface area contributed by atoms with Crippen LogP contribution < -0.4 is 0 Å². The minimum atomic E-state index is -1.29. The lowest BCUT2D eigenvalue weighted by molar-refractivity contribution is -0.150. The number of carboxylic acids is 1. The number of likely N-dealkylation sites (tertiary alicyclic amines) is 1. The number of hydrogen-bond acceptors (Lipinski definition) is 5. The van der Waals surface area contributed by atoms with E-state index in [0.717, 1.165) is 4.90 Å². The maximum absolute atomic E-state index is 11.5. The second-order valence-electron chi connectivity index (χ2n) is 3.51. The number of carboxylic acid groups (broad SMARTS) is 1. The topological polar surface area (TPSA) is 104 Å². The molecule has 0 spiro atoms. The molecule has 0 saturated carbocycles. The summed E-state index contributed by atoms with van der Waals surface area (Å²) in [5.41, 5.74) is 0. The molecule has 2 N–H and O–H groups in total. The molecule has 0 aromatic heterocycles. The Morgan fingerprint density at radius 2 is 2.25 bits per heavy atom. The highest BCUT2D eigenvalue weighted by atomic mass is 16.5. The van der Waals surface area contributed by atoms with Crippen LogP contribution in [0.1, 0.15) is 6.42 Å². The average molecular weight is 231 g/mol. The van der Waals surface area contributed by atoms with E-state index in [9.17, 15) is 14.4 Å². The van der Waals surface area contributed by atoms with E-state index in [1.54, 1.807) is 0 Å². The predicted octanol–water partition coefficient (Wildman–Crippen LogP) is -1.55. The number of aliphatic carboxylic acids is 1. The van der Waals surface area contributed by atoms with Gasteiger partial charge in [-0.1, -0.05) is 0 Å². The third kappa shape index (κ3) is 2.30. The van der Waals surface area contributed by atoms with Crippen LogP contribution in [0.2, 0.25) is 0 Å². The van der Waals surface area contributed by atoms with E-state index >= 15 is 0 Å². The molecule has 0 aromatic rings. The summed E-state index contributed by atoms with van der Waals surface area (Å²) < 4.78 is 4.48. The first-order valence-corrected chi connectivity index (χ1v) is 4.72. The van der Waals surface area contributed by atoms with Crippen LogP contribution in [0.4, 0.5) is 0 Å². The Labute approximate surface area is 91.6 Å². The maximum Gasteiger partial charge on any atom is 0.328 e. The number of carbonyl (C=O) groups excluding carboxylic acids is 2. The van der Waals surface area contributed by atoms with E-state index in [-0.39, 0.29) is 13.0 Å². The molecule has 0 radical (unpaired) electrons. The first-order chi connectivity index (χ1) is 7.51. The van der Waals surface area contributed by atoms with E-state index < -0.39 is 36.4 Å². The molecule has 1 heterocycles. The van der Waals surface area contributed by atoms with Crippen molar-refractivity contribution < 1.29 is 29.3 Å². The molecule has 0 aromatic carbocycles. The van der Waals surface area contributed by atoms with Crippen molar-refractivity contribution in [1.29, 1.82) is 0 Å². The quantitative estimate of drug-likeness (QED) is 0.568. The minimum Gasteiger partial charge on any atom is -0.480 e. The van der Waals surface area contributed by atoms with Crippen molar-refractivity contribution in [3.05, 3.63) is 0 Å². The van der Waals surface area contributed by atoms with Crippen LogP contribution in [0.25, 0.3) is 0 Å². The number of carbonyl (C=O) groups is 3. The van der Waals surface area contributed by atoms with Crippen LogP contribution in [0.15, 0.2) is 0 Å². The monoisotopic (exact) mass is 231 g/mol. The summed E-state index contributed by atoms with van der Waals surface area (Å²) in [6.07, 6.45) is -0.0730. The molecular weight excluding hydrogens is 218 g/mol. The molecule has 1 aliphatic heterocycles. The van der Waals surface area contributed by atoms with Gasteiger partial charge in [0.15, 0.2) is 6.04 Å². The molecule has 1 fully saturated rings. The fraction of sp³-hybridized carbons (Fsp3) is 0.667. The minimum absolute atomic E-state index is 0.0248. The van der Waals surface area contributed by atoms with Crippen molar-refractivity contribution in [2.24, 2.45) is 5.92 Å². The van der Waals surface area contributed by atoms with Crippen LogP contribution in [0.3, 0.4) is 0 Å². The number of ether oxygens (including phenoxy) is 1. The average Bonchev–Trinajstić information content (AvgIpc) is 2.60. The summed E-state index contributed by atoms with van der Waals surface area (Å²) in [6, 6.07) is -1.29. The van der Waals surface area contributed by atoms with E-state index in [1.807, 2.05) is 0 Å². The van der Waals surface area contributed by atoms with Crippen molar-refractivity contribution in [2.75, 3.05) is 20.3 Å². The van der Waals surface area contributed by atoms with E-state index in [4.69, 9.17) is 10.2 Å². The van der Waals surface area contributed by atoms with Gasteiger partial charge in [-0.2, -0.15) is 0 Å². The molecule has 1 rings (SSSR count). The molecule has 0 aliphatic carbocycles. The van der Waals surface area contributed by atoms with Crippen molar-refractivity contribution in [2.45, 2.75) is 12.5 Å². The van der Waals surface area contributed by atoms with Gasteiger partial charge >= 0.3 is 11.9 Å². The largest absolute Gasteiger partial charge is 0.480 e. The summed E-state index contributed by atoms with van der Waals surface area (Å²) in [5, 5.41) is 17.6. The van der Waals surface area contributed by atoms with Crippen LogP contribution in [0, 0.1) is 5.92 Å². The van der Waals surface area contributed by atoms with Gasteiger partial charge in [0.2, 0.25) is 5.91 Å². The Morgan fingerprint density at radius 1 is 1.62 bits per heavy atom. The Bertz CT molecular complexity index is 315. The predicted molar refractivity (Wildman–Crippen MR) is 50.3 cm³/mol. The Morgan fingerprint density at radius 3 is 2.69 bits per heavy atom. The van der Waals surface area contributed by atoms with Crippen molar-refractivity contribution in [3.8, 4) is 0 Å². The maximum atomic E-state index is 11.5. The molecule has 90 valence electrons. The normalized spacial score (nSPS) is 22.0. The molecule has 1 unspecified atom stereocenters. The molecule has 1 saturated heterocycles. The smallest absolute Gasteiger partial charge is 0.328 e. The van der Waals surface area contributed by atoms with Gasteiger partial charge in [0, 0.05) is 13.0 Å². The molecule has 7 heteroatoms. The van der Waals surface area contributed by atoms with Crippen LogP contribution in [0.5, 0.6) is 0 Å². The second-order valence-corrected chi connectivity index (χ2v) is 3.51. The van der Waals surface area contributed by atoms with Gasteiger partial charge in [0.05, 0.1) is 19.6 Å².